The monoisotopic (exact) mass is 393 g/mol. The Morgan fingerprint density at radius 2 is 1.76 bits per heavy atom. The molecular formula is C21H19N3O5. The summed E-state index contributed by atoms with van der Waals surface area (Å²) in [5.74, 6) is 0.238. The van der Waals surface area contributed by atoms with Gasteiger partial charge in [-0.15, -0.1) is 0 Å². The molecule has 0 unspecified atom stereocenters. The Morgan fingerprint density at radius 3 is 2.41 bits per heavy atom. The first-order valence-electron chi connectivity index (χ1n) is 8.78. The second kappa shape index (κ2) is 9.32. The summed E-state index contributed by atoms with van der Waals surface area (Å²) in [5, 5.41) is 2.32. The minimum Gasteiger partial charge on any atom is -0.497 e. The number of methoxy groups -OCH3 is 1. The van der Waals surface area contributed by atoms with E-state index in [9.17, 15) is 14.4 Å². The summed E-state index contributed by atoms with van der Waals surface area (Å²) in [6.45, 7) is 0.0659. The summed E-state index contributed by atoms with van der Waals surface area (Å²) >= 11 is 0. The number of H-pyrrole nitrogens is 1. The van der Waals surface area contributed by atoms with Crippen LogP contribution in [0.15, 0.2) is 65.6 Å². The molecule has 0 saturated carbocycles. The number of ether oxygens (including phenoxy) is 2. The van der Waals surface area contributed by atoms with Gasteiger partial charge >= 0.3 is 6.09 Å². The molecule has 2 N–H and O–H groups in total. The maximum absolute atomic E-state index is 12.3. The lowest BCUT2D eigenvalue weighted by Gasteiger charge is -2.07. The number of hydrogen-bond donors (Lipinski definition) is 2. The van der Waals surface area contributed by atoms with E-state index in [0.717, 1.165) is 17.3 Å². The van der Waals surface area contributed by atoms with Gasteiger partial charge in [0.2, 0.25) is 5.78 Å². The van der Waals surface area contributed by atoms with Gasteiger partial charge in [-0.1, -0.05) is 42.5 Å². The fourth-order valence-electron chi connectivity index (χ4n) is 2.51. The maximum atomic E-state index is 12.3. The van der Waals surface area contributed by atoms with Crippen molar-refractivity contribution in [3.8, 4) is 5.75 Å². The molecule has 2 aromatic carbocycles. The molecule has 29 heavy (non-hydrogen) atoms. The molecule has 148 valence electrons. The smallest absolute Gasteiger partial charge is 0.412 e. The standard InChI is InChI=1S/C21H19N3O5/c1-28-16-9-7-14(8-10-16)11-18(25)19-22-12-17(20(26)24-19)23-21(27)29-13-15-5-3-2-4-6-15/h2-10,12H,11,13H2,1H3,(H,23,27)(H,22,24,26). The van der Waals surface area contributed by atoms with E-state index in [1.54, 1.807) is 31.4 Å². The molecule has 3 aromatic rings. The molecule has 8 nitrogen and oxygen atoms in total. The molecule has 0 spiro atoms. The first kappa shape index (κ1) is 19.8. The van der Waals surface area contributed by atoms with Crippen LogP contribution in [-0.4, -0.2) is 29.0 Å². The van der Waals surface area contributed by atoms with Crippen molar-refractivity contribution in [2.24, 2.45) is 0 Å². The normalized spacial score (nSPS) is 10.2. The van der Waals surface area contributed by atoms with E-state index >= 15 is 0 Å². The number of nitrogens with zero attached hydrogens (tertiary/aromatic N) is 1. The third kappa shape index (κ3) is 5.52. The zero-order chi connectivity index (χ0) is 20.6. The lowest BCUT2D eigenvalue weighted by atomic mass is 10.1. The van der Waals surface area contributed by atoms with Crippen molar-refractivity contribution < 1.29 is 19.1 Å². The summed E-state index contributed by atoms with van der Waals surface area (Å²) in [6.07, 6.45) is 0.404. The average molecular weight is 393 g/mol. The van der Waals surface area contributed by atoms with Gasteiger partial charge in [0.05, 0.1) is 13.3 Å². The van der Waals surface area contributed by atoms with Gasteiger partial charge in [-0.25, -0.2) is 9.78 Å². The average Bonchev–Trinajstić information content (AvgIpc) is 2.75. The van der Waals surface area contributed by atoms with Gasteiger partial charge < -0.3 is 14.5 Å². The number of ketones is 1. The quantitative estimate of drug-likeness (QED) is 0.597. The van der Waals surface area contributed by atoms with E-state index in [4.69, 9.17) is 9.47 Å². The molecular weight excluding hydrogens is 374 g/mol. The van der Waals surface area contributed by atoms with Gasteiger partial charge in [-0.05, 0) is 23.3 Å². The number of rotatable bonds is 7. The zero-order valence-electron chi connectivity index (χ0n) is 15.7. The third-order valence-electron chi connectivity index (χ3n) is 4.04. The summed E-state index contributed by atoms with van der Waals surface area (Å²) in [6, 6.07) is 16.1. The number of nitrogens with one attached hydrogen (secondary N) is 2. The number of carbonyl (C=O) groups is 2. The van der Waals surface area contributed by atoms with Crippen LogP contribution in [-0.2, 0) is 17.8 Å². The number of Topliss-reactive ketones (excluding diaryl/α,β-unsaturated/α-hetero) is 1. The minimum absolute atomic E-state index is 0.0659. The molecule has 1 heterocycles. The Balaban J connectivity index is 1.59. The molecule has 0 aliphatic heterocycles. The molecule has 8 heteroatoms. The summed E-state index contributed by atoms with van der Waals surface area (Å²) in [4.78, 5) is 42.7. The lowest BCUT2D eigenvalue weighted by molar-refractivity contribution is 0.0982. The summed E-state index contributed by atoms with van der Waals surface area (Å²) in [7, 11) is 1.56. The molecule has 0 radical (unpaired) electrons. The largest absolute Gasteiger partial charge is 0.497 e. The predicted molar refractivity (Wildman–Crippen MR) is 106 cm³/mol. The first-order valence-corrected chi connectivity index (χ1v) is 8.78. The van der Waals surface area contributed by atoms with Gasteiger partial charge in [-0.3, -0.25) is 14.9 Å². The Labute approximate surface area is 166 Å². The molecule has 0 atom stereocenters. The Morgan fingerprint density at radius 1 is 1.03 bits per heavy atom. The predicted octanol–water partition coefficient (Wildman–Crippen LogP) is 2.95. The van der Waals surface area contributed by atoms with Crippen molar-refractivity contribution in [3.05, 3.63) is 88.1 Å². The Hall–Kier alpha value is -3.94. The van der Waals surface area contributed by atoms with Crippen molar-refractivity contribution in [2.45, 2.75) is 13.0 Å². The van der Waals surface area contributed by atoms with Crippen LogP contribution in [0.1, 0.15) is 21.7 Å². The fraction of sp³-hybridized carbons (Fsp3) is 0.143. The molecule has 1 aromatic heterocycles. The highest BCUT2D eigenvalue weighted by Crippen LogP contribution is 2.13. The fourth-order valence-corrected chi connectivity index (χ4v) is 2.51. The van der Waals surface area contributed by atoms with Crippen LogP contribution in [0.2, 0.25) is 0 Å². The number of carbonyl (C=O) groups excluding carboxylic acids is 2. The zero-order valence-corrected chi connectivity index (χ0v) is 15.7. The number of anilines is 1. The van der Waals surface area contributed by atoms with Gasteiger partial charge in [-0.2, -0.15) is 0 Å². The van der Waals surface area contributed by atoms with E-state index < -0.39 is 11.7 Å². The number of aromatic amines is 1. The van der Waals surface area contributed by atoms with Crippen LogP contribution in [0.25, 0.3) is 0 Å². The number of amides is 1. The van der Waals surface area contributed by atoms with Crippen LogP contribution in [0, 0.1) is 0 Å². The van der Waals surface area contributed by atoms with Crippen molar-refractivity contribution in [1.29, 1.82) is 0 Å². The van der Waals surface area contributed by atoms with E-state index in [1.807, 2.05) is 30.3 Å². The molecule has 3 rings (SSSR count). The Kier molecular flexibility index (Phi) is 6.36. The van der Waals surface area contributed by atoms with Crippen LogP contribution in [0.3, 0.4) is 0 Å². The van der Waals surface area contributed by atoms with Gasteiger partial charge in [0.1, 0.15) is 18.0 Å². The summed E-state index contributed by atoms with van der Waals surface area (Å²) < 4.78 is 10.1. The third-order valence-corrected chi connectivity index (χ3v) is 4.04. The van der Waals surface area contributed by atoms with Gasteiger partial charge in [0.15, 0.2) is 5.82 Å². The highest BCUT2D eigenvalue weighted by Gasteiger charge is 2.13. The van der Waals surface area contributed by atoms with Gasteiger partial charge in [0.25, 0.3) is 5.56 Å². The molecule has 0 aliphatic carbocycles. The van der Waals surface area contributed by atoms with Crippen LogP contribution in [0.5, 0.6) is 5.75 Å². The minimum atomic E-state index is -0.793. The van der Waals surface area contributed by atoms with E-state index in [2.05, 4.69) is 15.3 Å². The van der Waals surface area contributed by atoms with Crippen LogP contribution < -0.4 is 15.6 Å². The second-order valence-corrected chi connectivity index (χ2v) is 6.11. The SMILES string of the molecule is COc1ccc(CC(=O)c2ncc(NC(=O)OCc3ccccc3)c(=O)[nH]2)cc1. The topological polar surface area (TPSA) is 110 Å². The number of aromatic nitrogens is 2. The van der Waals surface area contributed by atoms with Crippen molar-refractivity contribution >= 4 is 17.6 Å². The van der Waals surface area contributed by atoms with Crippen LogP contribution >= 0.6 is 0 Å². The molecule has 0 bridgehead atoms. The van der Waals surface area contributed by atoms with E-state index in [0.29, 0.717) is 5.75 Å². The molecule has 0 aliphatic rings. The van der Waals surface area contributed by atoms with Gasteiger partial charge in [0, 0.05) is 6.42 Å². The van der Waals surface area contributed by atoms with E-state index in [-0.39, 0.29) is 30.3 Å². The first-order chi connectivity index (χ1) is 14.0. The molecule has 0 saturated heterocycles. The number of hydrogen-bond acceptors (Lipinski definition) is 6. The van der Waals surface area contributed by atoms with E-state index in [1.165, 1.54) is 0 Å². The van der Waals surface area contributed by atoms with Crippen LogP contribution in [0.4, 0.5) is 10.5 Å². The highest BCUT2D eigenvalue weighted by atomic mass is 16.5. The maximum Gasteiger partial charge on any atom is 0.412 e. The molecule has 0 fully saturated rings. The van der Waals surface area contributed by atoms with Crippen molar-refractivity contribution in [2.75, 3.05) is 12.4 Å². The van der Waals surface area contributed by atoms with Crippen molar-refractivity contribution in [1.82, 2.24) is 9.97 Å². The number of benzene rings is 2. The lowest BCUT2D eigenvalue weighted by Crippen LogP contribution is -2.23. The highest BCUT2D eigenvalue weighted by molar-refractivity contribution is 5.94. The Bertz CT molecular complexity index is 1050. The molecule has 1 amide bonds. The van der Waals surface area contributed by atoms with Crippen molar-refractivity contribution in [3.63, 3.8) is 0 Å². The second-order valence-electron chi connectivity index (χ2n) is 6.11. The summed E-state index contributed by atoms with van der Waals surface area (Å²) in [5.41, 5.74) is 0.818.